The van der Waals surface area contributed by atoms with E-state index < -0.39 is 0 Å². The van der Waals surface area contributed by atoms with E-state index >= 15 is 0 Å². The Morgan fingerprint density at radius 3 is 2.48 bits per heavy atom. The van der Waals surface area contributed by atoms with Crippen molar-refractivity contribution in [2.24, 2.45) is 0 Å². The van der Waals surface area contributed by atoms with Gasteiger partial charge in [-0.05, 0) is 24.0 Å². The van der Waals surface area contributed by atoms with Crippen LogP contribution in [0.1, 0.15) is 24.4 Å². The van der Waals surface area contributed by atoms with Gasteiger partial charge < -0.3 is 4.57 Å². The molecule has 1 saturated carbocycles. The predicted octanol–water partition coefficient (Wildman–Crippen LogP) is 5.09. The van der Waals surface area contributed by atoms with Crippen molar-refractivity contribution in [3.05, 3.63) is 76.5 Å². The maximum atomic E-state index is 10.7. The second-order valence-corrected chi connectivity index (χ2v) is 7.05. The predicted molar refractivity (Wildman–Crippen MR) is 98.6 cm³/mol. The van der Waals surface area contributed by atoms with Gasteiger partial charge in [0, 0.05) is 23.9 Å². The number of nitro benzene ring substituents is 1. The first-order valence-electron chi connectivity index (χ1n) is 8.21. The number of hydrogen-bond acceptors (Lipinski definition) is 4. The topological polar surface area (TPSA) is 61.0 Å². The van der Waals surface area contributed by atoms with Crippen molar-refractivity contribution < 1.29 is 4.92 Å². The standard InChI is InChI=1S/C19H17N3O2S/c23-22(24)17-8-6-14(7-9-17)13-25-19-20-12-18(21(19)16-10-11-16)15-4-2-1-3-5-15/h1-9,12,16H,10-11,13H2. The van der Waals surface area contributed by atoms with E-state index in [1.807, 2.05) is 36.5 Å². The third-order valence-corrected chi connectivity index (χ3v) is 5.30. The summed E-state index contributed by atoms with van der Waals surface area (Å²) < 4.78 is 2.34. The molecule has 0 saturated heterocycles. The Bertz CT molecular complexity index is 887. The number of imidazole rings is 1. The van der Waals surface area contributed by atoms with E-state index in [0.29, 0.717) is 6.04 Å². The smallest absolute Gasteiger partial charge is 0.269 e. The highest BCUT2D eigenvalue weighted by molar-refractivity contribution is 7.98. The Morgan fingerprint density at radius 2 is 1.84 bits per heavy atom. The van der Waals surface area contributed by atoms with Crippen LogP contribution in [-0.2, 0) is 5.75 Å². The summed E-state index contributed by atoms with van der Waals surface area (Å²) in [7, 11) is 0. The van der Waals surface area contributed by atoms with E-state index in [1.165, 1.54) is 18.4 Å². The van der Waals surface area contributed by atoms with Crippen molar-refractivity contribution in [1.29, 1.82) is 0 Å². The molecule has 126 valence electrons. The molecule has 4 rings (SSSR count). The van der Waals surface area contributed by atoms with Crippen molar-refractivity contribution in [3.63, 3.8) is 0 Å². The summed E-state index contributed by atoms with van der Waals surface area (Å²) in [6, 6.07) is 17.6. The number of nitro groups is 1. The van der Waals surface area contributed by atoms with Crippen LogP contribution in [0.3, 0.4) is 0 Å². The van der Waals surface area contributed by atoms with Crippen molar-refractivity contribution in [2.75, 3.05) is 0 Å². The number of hydrogen-bond donors (Lipinski definition) is 0. The highest BCUT2D eigenvalue weighted by atomic mass is 32.2. The number of thioether (sulfide) groups is 1. The first-order valence-corrected chi connectivity index (χ1v) is 9.20. The molecule has 1 aliphatic rings. The first-order chi connectivity index (χ1) is 12.2. The van der Waals surface area contributed by atoms with Gasteiger partial charge in [-0.15, -0.1) is 0 Å². The summed E-state index contributed by atoms with van der Waals surface area (Å²) >= 11 is 1.68. The zero-order valence-corrected chi connectivity index (χ0v) is 14.4. The molecule has 3 aromatic rings. The number of benzene rings is 2. The zero-order chi connectivity index (χ0) is 17.2. The van der Waals surface area contributed by atoms with Crippen LogP contribution in [0.15, 0.2) is 66.0 Å². The molecule has 0 spiro atoms. The number of rotatable bonds is 6. The van der Waals surface area contributed by atoms with E-state index in [0.717, 1.165) is 22.2 Å². The van der Waals surface area contributed by atoms with Gasteiger partial charge in [-0.2, -0.15) is 0 Å². The van der Waals surface area contributed by atoms with Gasteiger partial charge in [0.05, 0.1) is 16.8 Å². The molecule has 0 N–H and O–H groups in total. The summed E-state index contributed by atoms with van der Waals surface area (Å²) in [5.74, 6) is 0.746. The summed E-state index contributed by atoms with van der Waals surface area (Å²) in [4.78, 5) is 15.0. The largest absolute Gasteiger partial charge is 0.316 e. The van der Waals surface area contributed by atoms with E-state index in [1.54, 1.807) is 23.9 Å². The fraction of sp³-hybridized carbons (Fsp3) is 0.211. The lowest BCUT2D eigenvalue weighted by Crippen LogP contribution is -1.99. The van der Waals surface area contributed by atoms with Crippen LogP contribution in [0.2, 0.25) is 0 Å². The minimum atomic E-state index is -0.372. The molecule has 0 unspecified atom stereocenters. The third kappa shape index (κ3) is 3.44. The van der Waals surface area contributed by atoms with Gasteiger partial charge in [0.25, 0.3) is 5.69 Å². The van der Waals surface area contributed by atoms with Crippen LogP contribution in [0.5, 0.6) is 0 Å². The third-order valence-electron chi connectivity index (χ3n) is 4.26. The minimum Gasteiger partial charge on any atom is -0.316 e. The lowest BCUT2D eigenvalue weighted by Gasteiger charge is -2.10. The fourth-order valence-corrected chi connectivity index (χ4v) is 3.82. The van der Waals surface area contributed by atoms with Gasteiger partial charge >= 0.3 is 0 Å². The molecular weight excluding hydrogens is 334 g/mol. The molecule has 1 fully saturated rings. The lowest BCUT2D eigenvalue weighted by atomic mass is 10.2. The fourth-order valence-electron chi connectivity index (χ4n) is 2.82. The first kappa shape index (κ1) is 15.9. The van der Waals surface area contributed by atoms with Gasteiger partial charge in [-0.25, -0.2) is 4.98 Å². The van der Waals surface area contributed by atoms with Gasteiger partial charge in [-0.1, -0.05) is 54.2 Å². The molecule has 1 heterocycles. The van der Waals surface area contributed by atoms with E-state index in [2.05, 4.69) is 21.7 Å². The van der Waals surface area contributed by atoms with Crippen molar-refractivity contribution in [1.82, 2.24) is 9.55 Å². The quantitative estimate of drug-likeness (QED) is 0.353. The minimum absolute atomic E-state index is 0.125. The Labute approximate surface area is 149 Å². The second kappa shape index (κ2) is 6.72. The van der Waals surface area contributed by atoms with Crippen LogP contribution >= 0.6 is 11.8 Å². The molecule has 25 heavy (non-hydrogen) atoms. The van der Waals surface area contributed by atoms with Gasteiger partial charge in [0.15, 0.2) is 5.16 Å². The Hall–Kier alpha value is -2.60. The molecule has 6 heteroatoms. The monoisotopic (exact) mass is 351 g/mol. The van der Waals surface area contributed by atoms with Gasteiger partial charge in [-0.3, -0.25) is 10.1 Å². The highest BCUT2D eigenvalue weighted by Gasteiger charge is 2.29. The molecule has 1 aliphatic carbocycles. The van der Waals surface area contributed by atoms with Crippen LogP contribution in [-0.4, -0.2) is 14.5 Å². The summed E-state index contributed by atoms with van der Waals surface area (Å²) in [5.41, 5.74) is 3.53. The van der Waals surface area contributed by atoms with E-state index in [9.17, 15) is 10.1 Å². The number of aromatic nitrogens is 2. The molecule has 0 amide bonds. The lowest BCUT2D eigenvalue weighted by molar-refractivity contribution is -0.384. The molecule has 0 atom stereocenters. The number of non-ortho nitro benzene ring substituents is 1. The van der Waals surface area contributed by atoms with Crippen LogP contribution in [0, 0.1) is 10.1 Å². The molecule has 1 aromatic heterocycles. The van der Waals surface area contributed by atoms with Crippen LogP contribution < -0.4 is 0 Å². The van der Waals surface area contributed by atoms with E-state index in [-0.39, 0.29) is 10.6 Å². The molecule has 5 nitrogen and oxygen atoms in total. The molecular formula is C19H17N3O2S. The van der Waals surface area contributed by atoms with Gasteiger partial charge in [0.2, 0.25) is 0 Å². The van der Waals surface area contributed by atoms with Crippen molar-refractivity contribution in [2.45, 2.75) is 29.8 Å². The SMILES string of the molecule is O=[N+]([O-])c1ccc(CSc2ncc(-c3ccccc3)n2C2CC2)cc1. The molecule has 0 aliphatic heterocycles. The summed E-state index contributed by atoms with van der Waals surface area (Å²) in [6.07, 6.45) is 4.34. The van der Waals surface area contributed by atoms with Crippen molar-refractivity contribution in [3.8, 4) is 11.3 Å². The normalized spacial score (nSPS) is 13.8. The van der Waals surface area contributed by atoms with Gasteiger partial charge in [0.1, 0.15) is 0 Å². The van der Waals surface area contributed by atoms with E-state index in [4.69, 9.17) is 0 Å². The Kier molecular flexibility index (Phi) is 4.28. The zero-order valence-electron chi connectivity index (χ0n) is 13.5. The second-order valence-electron chi connectivity index (χ2n) is 6.11. The Morgan fingerprint density at radius 1 is 1.12 bits per heavy atom. The van der Waals surface area contributed by atoms with Crippen LogP contribution in [0.25, 0.3) is 11.3 Å². The highest BCUT2D eigenvalue weighted by Crippen LogP contribution is 2.42. The maximum Gasteiger partial charge on any atom is 0.269 e. The molecule has 2 aromatic carbocycles. The Balaban J connectivity index is 1.55. The summed E-state index contributed by atoms with van der Waals surface area (Å²) in [5, 5.41) is 11.8. The molecule has 0 radical (unpaired) electrons. The molecule has 0 bridgehead atoms. The van der Waals surface area contributed by atoms with Crippen molar-refractivity contribution >= 4 is 17.4 Å². The summed E-state index contributed by atoms with van der Waals surface area (Å²) in [6.45, 7) is 0. The van der Waals surface area contributed by atoms with Crippen LogP contribution in [0.4, 0.5) is 5.69 Å². The average Bonchev–Trinajstić information content (AvgIpc) is 3.40. The maximum absolute atomic E-state index is 10.7. The number of nitrogens with zero attached hydrogens (tertiary/aromatic N) is 3. The average molecular weight is 351 g/mol.